The summed E-state index contributed by atoms with van der Waals surface area (Å²) >= 11 is 0. The Morgan fingerprint density at radius 2 is 1.88 bits per heavy atom. The van der Waals surface area contributed by atoms with Crippen LogP contribution in [0.1, 0.15) is 0 Å². The Morgan fingerprint density at radius 3 is 2.56 bits per heavy atom. The maximum Gasteiger partial charge on any atom is 0.172 e. The minimum atomic E-state index is -0.421. The monoisotopic (exact) mass is 218 g/mol. The van der Waals surface area contributed by atoms with Gasteiger partial charge in [0.1, 0.15) is 5.75 Å². The van der Waals surface area contributed by atoms with Crippen LogP contribution in [0.25, 0.3) is 11.1 Å². The quantitative estimate of drug-likeness (QED) is 0.838. The number of phenols is 1. The number of methoxy groups -OCH3 is 1. The van der Waals surface area contributed by atoms with Gasteiger partial charge in [-0.2, -0.15) is 0 Å². The van der Waals surface area contributed by atoms with Crippen molar-refractivity contribution in [2.75, 3.05) is 7.11 Å². The molecule has 0 aliphatic carbocycles. The number of phenolic OH excluding ortho intramolecular Hbond substituents is 1. The van der Waals surface area contributed by atoms with Gasteiger partial charge in [0.25, 0.3) is 0 Å². The lowest BCUT2D eigenvalue weighted by atomic mass is 10.0. The molecular formula is C13H11FO2. The zero-order chi connectivity index (χ0) is 11.5. The van der Waals surface area contributed by atoms with Crippen LogP contribution in [-0.2, 0) is 0 Å². The number of benzene rings is 2. The summed E-state index contributed by atoms with van der Waals surface area (Å²) in [7, 11) is 1.42. The standard InChI is InChI=1S/C13H11FO2/c1-16-12-7-3-6-11(13(12)14)9-4-2-5-10(15)8-9/h2-8,15H,1H3. The van der Waals surface area contributed by atoms with E-state index in [1.807, 2.05) is 0 Å². The number of rotatable bonds is 2. The second kappa shape index (κ2) is 4.23. The van der Waals surface area contributed by atoms with Gasteiger partial charge in [-0.15, -0.1) is 0 Å². The molecule has 82 valence electrons. The molecule has 0 aromatic heterocycles. The largest absolute Gasteiger partial charge is 0.508 e. The first-order valence-corrected chi connectivity index (χ1v) is 4.84. The summed E-state index contributed by atoms with van der Waals surface area (Å²) < 4.78 is 18.8. The molecule has 2 rings (SSSR count). The minimum Gasteiger partial charge on any atom is -0.508 e. The van der Waals surface area contributed by atoms with Crippen molar-refractivity contribution >= 4 is 0 Å². The molecule has 0 atom stereocenters. The fourth-order valence-corrected chi connectivity index (χ4v) is 1.56. The van der Waals surface area contributed by atoms with E-state index in [9.17, 15) is 9.50 Å². The van der Waals surface area contributed by atoms with Crippen LogP contribution in [0.15, 0.2) is 42.5 Å². The number of halogens is 1. The Labute approximate surface area is 92.9 Å². The Kier molecular flexibility index (Phi) is 2.77. The Bertz CT molecular complexity index is 509. The van der Waals surface area contributed by atoms with Crippen LogP contribution in [0.5, 0.6) is 11.5 Å². The number of aromatic hydroxyl groups is 1. The van der Waals surface area contributed by atoms with Crippen LogP contribution in [0.4, 0.5) is 4.39 Å². The maximum atomic E-state index is 13.9. The first-order valence-electron chi connectivity index (χ1n) is 4.84. The third kappa shape index (κ3) is 1.84. The second-order valence-electron chi connectivity index (χ2n) is 3.37. The van der Waals surface area contributed by atoms with E-state index >= 15 is 0 Å². The van der Waals surface area contributed by atoms with Crippen molar-refractivity contribution in [3.8, 4) is 22.6 Å². The van der Waals surface area contributed by atoms with Crippen molar-refractivity contribution in [3.63, 3.8) is 0 Å². The third-order valence-corrected chi connectivity index (χ3v) is 2.34. The normalized spacial score (nSPS) is 10.1. The lowest BCUT2D eigenvalue weighted by Crippen LogP contribution is -1.90. The van der Waals surface area contributed by atoms with Gasteiger partial charge in [0.2, 0.25) is 0 Å². The second-order valence-corrected chi connectivity index (χ2v) is 3.37. The molecule has 0 unspecified atom stereocenters. The summed E-state index contributed by atoms with van der Waals surface area (Å²) in [4.78, 5) is 0. The predicted octanol–water partition coefficient (Wildman–Crippen LogP) is 3.21. The van der Waals surface area contributed by atoms with Crippen LogP contribution in [0, 0.1) is 5.82 Å². The van der Waals surface area contributed by atoms with Crippen LogP contribution in [-0.4, -0.2) is 12.2 Å². The van der Waals surface area contributed by atoms with E-state index in [0.29, 0.717) is 11.1 Å². The van der Waals surface area contributed by atoms with Crippen molar-refractivity contribution < 1.29 is 14.2 Å². The summed E-state index contributed by atoms with van der Waals surface area (Å²) in [5.41, 5.74) is 1.03. The van der Waals surface area contributed by atoms with Gasteiger partial charge in [-0.1, -0.05) is 24.3 Å². The van der Waals surface area contributed by atoms with Crippen molar-refractivity contribution in [3.05, 3.63) is 48.3 Å². The van der Waals surface area contributed by atoms with Crippen molar-refractivity contribution in [1.82, 2.24) is 0 Å². The first kappa shape index (κ1) is 10.5. The minimum absolute atomic E-state index is 0.111. The molecule has 0 radical (unpaired) electrons. The van der Waals surface area contributed by atoms with E-state index in [1.54, 1.807) is 36.4 Å². The molecule has 2 aromatic carbocycles. The van der Waals surface area contributed by atoms with E-state index in [1.165, 1.54) is 13.2 Å². The van der Waals surface area contributed by atoms with Gasteiger partial charge >= 0.3 is 0 Å². The van der Waals surface area contributed by atoms with Crippen molar-refractivity contribution in [2.45, 2.75) is 0 Å². The molecule has 0 saturated carbocycles. The first-order chi connectivity index (χ1) is 7.72. The van der Waals surface area contributed by atoms with E-state index < -0.39 is 5.82 Å². The molecule has 0 spiro atoms. The lowest BCUT2D eigenvalue weighted by Gasteiger charge is -2.07. The maximum absolute atomic E-state index is 13.9. The molecular weight excluding hydrogens is 207 g/mol. The highest BCUT2D eigenvalue weighted by molar-refractivity contribution is 5.67. The molecule has 2 nitrogen and oxygen atoms in total. The molecule has 2 aromatic rings. The number of ether oxygens (including phenoxy) is 1. The molecule has 0 bridgehead atoms. The van der Waals surface area contributed by atoms with Gasteiger partial charge in [-0.3, -0.25) is 0 Å². The van der Waals surface area contributed by atoms with Crippen LogP contribution in [0.2, 0.25) is 0 Å². The van der Waals surface area contributed by atoms with Gasteiger partial charge < -0.3 is 9.84 Å². The molecule has 0 saturated heterocycles. The molecule has 0 amide bonds. The highest BCUT2D eigenvalue weighted by Gasteiger charge is 2.10. The number of hydrogen-bond donors (Lipinski definition) is 1. The van der Waals surface area contributed by atoms with Crippen LogP contribution < -0.4 is 4.74 Å². The topological polar surface area (TPSA) is 29.5 Å². The average molecular weight is 218 g/mol. The zero-order valence-electron chi connectivity index (χ0n) is 8.77. The molecule has 0 aliphatic heterocycles. The summed E-state index contributed by atoms with van der Waals surface area (Å²) in [5.74, 6) is -0.115. The van der Waals surface area contributed by atoms with Gasteiger partial charge in [0.05, 0.1) is 7.11 Å². The number of hydrogen-bond acceptors (Lipinski definition) is 2. The molecule has 0 fully saturated rings. The third-order valence-electron chi connectivity index (χ3n) is 2.34. The van der Waals surface area contributed by atoms with Gasteiger partial charge in [-0.05, 0) is 23.8 Å². The SMILES string of the molecule is COc1cccc(-c2cccc(O)c2)c1F. The summed E-state index contributed by atoms with van der Waals surface area (Å²) in [5, 5.41) is 9.34. The summed E-state index contributed by atoms with van der Waals surface area (Å²) in [6, 6.07) is 11.4. The molecule has 3 heteroatoms. The molecule has 0 aliphatic rings. The predicted molar refractivity (Wildman–Crippen MR) is 60.1 cm³/mol. The van der Waals surface area contributed by atoms with E-state index in [4.69, 9.17) is 4.74 Å². The summed E-state index contributed by atoms with van der Waals surface area (Å²) in [6.07, 6.45) is 0. The summed E-state index contributed by atoms with van der Waals surface area (Å²) in [6.45, 7) is 0. The smallest absolute Gasteiger partial charge is 0.172 e. The highest BCUT2D eigenvalue weighted by Crippen LogP contribution is 2.30. The van der Waals surface area contributed by atoms with Gasteiger partial charge in [-0.25, -0.2) is 4.39 Å². The Morgan fingerprint density at radius 1 is 1.12 bits per heavy atom. The highest BCUT2D eigenvalue weighted by atomic mass is 19.1. The average Bonchev–Trinajstić information content (AvgIpc) is 2.29. The van der Waals surface area contributed by atoms with Crippen molar-refractivity contribution in [1.29, 1.82) is 0 Å². The fraction of sp³-hybridized carbons (Fsp3) is 0.0769. The van der Waals surface area contributed by atoms with E-state index in [-0.39, 0.29) is 11.5 Å². The van der Waals surface area contributed by atoms with Crippen molar-refractivity contribution in [2.24, 2.45) is 0 Å². The molecule has 0 heterocycles. The molecule has 16 heavy (non-hydrogen) atoms. The molecule has 1 N–H and O–H groups in total. The lowest BCUT2D eigenvalue weighted by molar-refractivity contribution is 0.387. The zero-order valence-corrected chi connectivity index (χ0v) is 8.77. The Hall–Kier alpha value is -2.03. The van der Waals surface area contributed by atoms with E-state index in [0.717, 1.165) is 0 Å². The fourth-order valence-electron chi connectivity index (χ4n) is 1.56. The van der Waals surface area contributed by atoms with Crippen LogP contribution in [0.3, 0.4) is 0 Å². The van der Waals surface area contributed by atoms with E-state index in [2.05, 4.69) is 0 Å². The van der Waals surface area contributed by atoms with Crippen LogP contribution >= 0.6 is 0 Å². The van der Waals surface area contributed by atoms with Gasteiger partial charge in [0, 0.05) is 5.56 Å². The van der Waals surface area contributed by atoms with Gasteiger partial charge in [0.15, 0.2) is 11.6 Å². The Balaban J connectivity index is 2.56.